The van der Waals surface area contributed by atoms with Gasteiger partial charge in [0.05, 0.1) is 25.1 Å². The van der Waals surface area contributed by atoms with Crippen LogP contribution in [0.1, 0.15) is 76.9 Å². The van der Waals surface area contributed by atoms with E-state index >= 15 is 8.78 Å². The number of carbonyl (C=O) groups is 5. The van der Waals surface area contributed by atoms with Crippen molar-refractivity contribution in [1.82, 2.24) is 39.5 Å². The number of piperazine rings is 1. The molecule has 65 heavy (non-hydrogen) atoms. The van der Waals surface area contributed by atoms with E-state index in [1.54, 1.807) is 42.3 Å². The Morgan fingerprint density at radius 1 is 0.877 bits per heavy atom. The van der Waals surface area contributed by atoms with E-state index in [2.05, 4.69) is 35.7 Å². The van der Waals surface area contributed by atoms with E-state index in [0.29, 0.717) is 98.3 Å². The summed E-state index contributed by atoms with van der Waals surface area (Å²) in [6.45, 7) is 4.56. The molecule has 5 aliphatic rings. The molecule has 1 unspecified atom stereocenters. The number of nitrogens with zero attached hydrogens (tertiary/aromatic N) is 8. The third kappa shape index (κ3) is 8.57. The molecular weight excluding hydrogens is 857 g/mol. The van der Waals surface area contributed by atoms with Crippen molar-refractivity contribution in [3.05, 3.63) is 106 Å². The van der Waals surface area contributed by atoms with E-state index in [-0.39, 0.29) is 47.6 Å². The third-order valence-corrected chi connectivity index (χ3v) is 14.0. The van der Waals surface area contributed by atoms with Gasteiger partial charge in [0.2, 0.25) is 17.7 Å². The fraction of sp³-hybridized carbons (Fsp3) is 0.391. The number of nitrogens with one attached hydrogen (secondary N) is 3. The largest absolute Gasteiger partial charge is 0.374 e. The minimum atomic E-state index is -1.08. The lowest BCUT2D eigenvalue weighted by atomic mass is 9.89. The van der Waals surface area contributed by atoms with Crippen LogP contribution in [-0.2, 0) is 38.7 Å². The Hall–Kier alpha value is -6.60. The highest BCUT2D eigenvalue weighted by atomic mass is 32.1. The van der Waals surface area contributed by atoms with E-state index in [0.717, 1.165) is 30.9 Å². The molecule has 2 atom stereocenters. The lowest BCUT2D eigenvalue weighted by Crippen LogP contribution is -2.52. The van der Waals surface area contributed by atoms with E-state index in [1.807, 2.05) is 21.6 Å². The zero-order valence-corrected chi connectivity index (χ0v) is 36.3. The molecule has 5 aliphatic heterocycles. The number of thiazole rings is 1. The van der Waals surface area contributed by atoms with Crippen LogP contribution >= 0.6 is 11.3 Å². The second kappa shape index (κ2) is 17.8. The second-order valence-electron chi connectivity index (χ2n) is 17.2. The Bertz CT molecular complexity index is 2660. The maximum absolute atomic E-state index is 15.9. The minimum Gasteiger partial charge on any atom is -0.374 e. The van der Waals surface area contributed by atoms with Crippen molar-refractivity contribution in [2.75, 3.05) is 61.3 Å². The minimum absolute atomic E-state index is 0.0177. The van der Waals surface area contributed by atoms with Gasteiger partial charge in [-0.25, -0.2) is 23.7 Å². The van der Waals surface area contributed by atoms with Gasteiger partial charge in [-0.15, -0.1) is 11.3 Å². The molecule has 0 bridgehead atoms. The average Bonchev–Trinajstić information content (AvgIpc) is 4.13. The lowest BCUT2D eigenvalue weighted by Gasteiger charge is -2.37. The molecule has 0 radical (unpaired) electrons. The van der Waals surface area contributed by atoms with Crippen LogP contribution in [0.15, 0.2) is 66.6 Å². The van der Waals surface area contributed by atoms with Gasteiger partial charge in [-0.1, -0.05) is 6.07 Å². The molecule has 336 valence electrons. The number of amides is 5. The summed E-state index contributed by atoms with van der Waals surface area (Å²) in [5.41, 5.74) is 4.04. The van der Waals surface area contributed by atoms with E-state index in [4.69, 9.17) is 4.98 Å². The maximum atomic E-state index is 15.9. The van der Waals surface area contributed by atoms with Crippen LogP contribution in [0.4, 0.5) is 25.4 Å². The van der Waals surface area contributed by atoms with Crippen molar-refractivity contribution in [2.24, 2.45) is 0 Å². The number of imidazole rings is 1. The number of imide groups is 1. The van der Waals surface area contributed by atoms with Crippen LogP contribution in [0.25, 0.3) is 11.1 Å². The molecular formula is C46H47F2N11O5S. The molecule has 3 saturated heterocycles. The average molecular weight is 904 g/mol. The van der Waals surface area contributed by atoms with Gasteiger partial charge in [0.1, 0.15) is 23.5 Å². The summed E-state index contributed by atoms with van der Waals surface area (Å²) in [5, 5.41) is 10.3. The van der Waals surface area contributed by atoms with Gasteiger partial charge < -0.3 is 24.6 Å². The Morgan fingerprint density at radius 3 is 2.45 bits per heavy atom. The quantitative estimate of drug-likeness (QED) is 0.157. The predicted molar refractivity (Wildman–Crippen MR) is 237 cm³/mol. The van der Waals surface area contributed by atoms with Gasteiger partial charge in [0, 0.05) is 85.0 Å². The topological polar surface area (TPSA) is 178 Å². The lowest BCUT2D eigenvalue weighted by molar-refractivity contribution is -0.134. The Labute approximate surface area is 377 Å². The number of hydrogen-bond acceptors (Lipinski definition) is 12. The summed E-state index contributed by atoms with van der Waals surface area (Å²) >= 11 is 1.27. The highest BCUT2D eigenvalue weighted by Gasteiger charge is 2.42. The summed E-state index contributed by atoms with van der Waals surface area (Å²) in [4.78, 5) is 85.9. The Morgan fingerprint density at radius 2 is 1.71 bits per heavy atom. The molecule has 0 saturated carbocycles. The molecule has 8 heterocycles. The summed E-state index contributed by atoms with van der Waals surface area (Å²) in [6.07, 6.45) is 8.59. The highest BCUT2D eigenvalue weighted by Crippen LogP contribution is 2.38. The molecule has 10 rings (SSSR count). The summed E-state index contributed by atoms with van der Waals surface area (Å²) in [7, 11) is 0. The zero-order chi connectivity index (χ0) is 44.8. The Balaban J connectivity index is 0.725. The number of fused-ring (bicyclic) bond motifs is 2. The molecule has 5 aromatic rings. The van der Waals surface area contributed by atoms with E-state index in [9.17, 15) is 24.0 Å². The number of piperidine rings is 2. The van der Waals surface area contributed by atoms with E-state index < -0.39 is 35.6 Å². The molecule has 2 aromatic carbocycles. The molecule has 5 amide bonds. The number of benzene rings is 2. The number of pyridine rings is 1. The van der Waals surface area contributed by atoms with Crippen LogP contribution in [0.5, 0.6) is 0 Å². The first-order valence-corrected chi connectivity index (χ1v) is 22.9. The third-order valence-electron chi connectivity index (χ3n) is 13.3. The molecule has 3 aromatic heterocycles. The van der Waals surface area contributed by atoms with Gasteiger partial charge in [-0.05, 0) is 98.6 Å². The fourth-order valence-electron chi connectivity index (χ4n) is 9.77. The van der Waals surface area contributed by atoms with E-state index in [1.165, 1.54) is 28.4 Å². The van der Waals surface area contributed by atoms with Gasteiger partial charge in [-0.2, -0.15) is 0 Å². The standard InChI is InChI=1S/C46H47F2N11O5S/c47-34-21-29(20-32-33(34)24-59(45(32)64)42(44(63)54-46-49-11-19-65-46)41-37-2-1-12-58(37)26-51-41)28-3-7-38(50-23-28)56-15-17-57(18-16-56)40(61)25-55-13-9-27(10-14-55)31-5-4-30(22-35(31)48)52-36-6-8-39(60)53-43(36)62/h3-5,7,11,19-23,26-27,36,42,52H,1-2,6,8-10,12-18,24-25H2,(H,49,54,63)(H,53,60,62)/t36-,42?/m0/s1. The Kier molecular flexibility index (Phi) is 11.6. The monoisotopic (exact) mass is 903 g/mol. The number of likely N-dealkylation sites (tertiary alicyclic amines) is 1. The second-order valence-corrected chi connectivity index (χ2v) is 18.1. The number of anilines is 3. The predicted octanol–water partition coefficient (Wildman–Crippen LogP) is 4.71. The maximum Gasteiger partial charge on any atom is 0.255 e. The summed E-state index contributed by atoms with van der Waals surface area (Å²) in [6, 6.07) is 10.1. The van der Waals surface area contributed by atoms with Crippen molar-refractivity contribution in [3.63, 3.8) is 0 Å². The van der Waals surface area contributed by atoms with Crippen molar-refractivity contribution in [1.29, 1.82) is 0 Å². The van der Waals surface area contributed by atoms with Crippen molar-refractivity contribution < 1.29 is 32.8 Å². The van der Waals surface area contributed by atoms with Crippen molar-refractivity contribution in [3.8, 4) is 11.1 Å². The number of hydrogen-bond donors (Lipinski definition) is 3. The van der Waals surface area contributed by atoms with Gasteiger partial charge in [0.15, 0.2) is 11.2 Å². The van der Waals surface area contributed by atoms with Crippen LogP contribution in [0, 0.1) is 11.6 Å². The molecule has 3 N–H and O–H groups in total. The van der Waals surface area contributed by atoms with Crippen molar-refractivity contribution in [2.45, 2.75) is 69.6 Å². The van der Waals surface area contributed by atoms with Gasteiger partial charge >= 0.3 is 0 Å². The first-order chi connectivity index (χ1) is 31.6. The fourth-order valence-corrected chi connectivity index (χ4v) is 10.3. The van der Waals surface area contributed by atoms with Crippen molar-refractivity contribution >= 4 is 57.5 Å². The van der Waals surface area contributed by atoms with Gasteiger partial charge in [0.25, 0.3) is 11.8 Å². The molecule has 19 heteroatoms. The van der Waals surface area contributed by atoms with Crippen LogP contribution in [-0.4, -0.2) is 116 Å². The zero-order valence-electron chi connectivity index (χ0n) is 35.5. The number of carbonyl (C=O) groups excluding carboxylic acids is 5. The number of rotatable bonds is 11. The summed E-state index contributed by atoms with van der Waals surface area (Å²) in [5.74, 6) is -1.72. The normalized spacial score (nSPS) is 19.6. The van der Waals surface area contributed by atoms with Gasteiger partial charge in [-0.3, -0.25) is 39.5 Å². The highest BCUT2D eigenvalue weighted by molar-refractivity contribution is 7.13. The molecule has 0 aliphatic carbocycles. The molecule has 16 nitrogen and oxygen atoms in total. The smallest absolute Gasteiger partial charge is 0.255 e. The van der Waals surface area contributed by atoms with Crippen LogP contribution in [0.2, 0.25) is 0 Å². The number of aromatic nitrogens is 4. The molecule has 3 fully saturated rings. The molecule has 0 spiro atoms. The SMILES string of the molecule is O=C1CC[C@H](Nc2ccc(C3CCN(CC(=O)N4CCN(c5ccc(-c6cc(F)c7c(c6)C(=O)N(C(C(=O)Nc6nccs6)c6ncn8c6CCC8)C7)cn5)CC4)CC3)c(F)c2)C(=O)N1. The van der Waals surface area contributed by atoms with Crippen LogP contribution < -0.4 is 20.9 Å². The summed E-state index contributed by atoms with van der Waals surface area (Å²) < 4.78 is 33.2. The number of halogens is 2. The van der Waals surface area contributed by atoms with Crippen LogP contribution in [0.3, 0.4) is 0 Å². The first kappa shape index (κ1) is 42.4. The first-order valence-electron chi connectivity index (χ1n) is 22.0. The number of aryl methyl sites for hydroxylation is 1.